The van der Waals surface area contributed by atoms with Crippen molar-refractivity contribution in [3.63, 3.8) is 0 Å². The Kier molecular flexibility index (Phi) is 12.1. The molecule has 0 unspecified atom stereocenters. The molecule has 0 radical (unpaired) electrons. The molecular weight excluding hydrogens is 542 g/mol. The molecule has 41 heavy (non-hydrogen) atoms. The van der Waals surface area contributed by atoms with Gasteiger partial charge in [-0.2, -0.15) is 0 Å². The number of ether oxygens (including phenoxy) is 4. The van der Waals surface area contributed by atoms with Gasteiger partial charge in [0.25, 0.3) is 0 Å². The maximum atomic E-state index is 13.8. The summed E-state index contributed by atoms with van der Waals surface area (Å²) in [5, 5.41) is 2.91. The summed E-state index contributed by atoms with van der Waals surface area (Å²) < 4.78 is 21.5. The standard InChI is InChI=1S/C31H41N3O6S/c1-7-8-14-34(31(36)32-24-17-25(37-3)19-26(18-24)38-4)21-30(35)33(20-27-11-9-22(2)41-27)15-13-23-10-12-28(39-5)29(16-23)40-6/h9-12,16-19H,7-8,13-15,20-21H2,1-6H3,(H,32,36). The van der Waals surface area contributed by atoms with Crippen molar-refractivity contribution in [1.29, 1.82) is 0 Å². The van der Waals surface area contributed by atoms with E-state index in [0.29, 0.717) is 54.7 Å². The molecule has 0 spiro atoms. The molecule has 1 N–H and O–H groups in total. The van der Waals surface area contributed by atoms with E-state index in [0.717, 1.165) is 23.3 Å². The van der Waals surface area contributed by atoms with Gasteiger partial charge >= 0.3 is 6.03 Å². The molecule has 1 heterocycles. The first kappa shape index (κ1) is 31.6. The minimum Gasteiger partial charge on any atom is -0.497 e. The van der Waals surface area contributed by atoms with Gasteiger partial charge in [-0.3, -0.25) is 4.79 Å². The largest absolute Gasteiger partial charge is 0.497 e. The van der Waals surface area contributed by atoms with Crippen molar-refractivity contribution in [2.45, 2.75) is 39.7 Å². The third kappa shape index (κ3) is 9.31. The van der Waals surface area contributed by atoms with Crippen LogP contribution in [0, 0.1) is 6.92 Å². The van der Waals surface area contributed by atoms with Crippen LogP contribution in [0.2, 0.25) is 0 Å². The summed E-state index contributed by atoms with van der Waals surface area (Å²) in [6.07, 6.45) is 2.29. The number of hydrogen-bond acceptors (Lipinski definition) is 7. The Hall–Kier alpha value is -3.92. The van der Waals surface area contributed by atoms with Crippen LogP contribution in [0.4, 0.5) is 10.5 Å². The van der Waals surface area contributed by atoms with Gasteiger partial charge in [-0.25, -0.2) is 4.79 Å². The first-order valence-electron chi connectivity index (χ1n) is 13.6. The monoisotopic (exact) mass is 583 g/mol. The Morgan fingerprint density at radius 1 is 0.829 bits per heavy atom. The van der Waals surface area contributed by atoms with Crippen LogP contribution in [0.15, 0.2) is 48.5 Å². The Labute approximate surface area is 247 Å². The number of anilines is 1. The molecule has 0 saturated heterocycles. The van der Waals surface area contributed by atoms with Gasteiger partial charge < -0.3 is 34.1 Å². The quantitative estimate of drug-likeness (QED) is 0.236. The van der Waals surface area contributed by atoms with Crippen LogP contribution >= 0.6 is 11.3 Å². The Balaban J connectivity index is 1.78. The third-order valence-corrected chi connectivity index (χ3v) is 7.60. The maximum absolute atomic E-state index is 13.8. The highest BCUT2D eigenvalue weighted by atomic mass is 32.1. The molecule has 10 heteroatoms. The number of carbonyl (C=O) groups excluding carboxylic acids is 2. The van der Waals surface area contributed by atoms with Gasteiger partial charge in [-0.05, 0) is 49.6 Å². The van der Waals surface area contributed by atoms with Crippen LogP contribution in [-0.4, -0.2) is 69.8 Å². The number of amides is 3. The molecule has 0 aliphatic rings. The van der Waals surface area contributed by atoms with E-state index in [9.17, 15) is 9.59 Å². The molecule has 0 saturated carbocycles. The van der Waals surface area contributed by atoms with E-state index in [1.54, 1.807) is 62.9 Å². The molecule has 0 aliphatic carbocycles. The van der Waals surface area contributed by atoms with E-state index >= 15 is 0 Å². The molecule has 3 rings (SSSR count). The van der Waals surface area contributed by atoms with Gasteiger partial charge in [-0.15, -0.1) is 11.3 Å². The lowest BCUT2D eigenvalue weighted by Crippen LogP contribution is -2.45. The van der Waals surface area contributed by atoms with Crippen molar-refractivity contribution < 1.29 is 28.5 Å². The number of nitrogens with one attached hydrogen (secondary N) is 1. The smallest absolute Gasteiger partial charge is 0.322 e. The minimum absolute atomic E-state index is 0.0385. The van der Waals surface area contributed by atoms with E-state index in [4.69, 9.17) is 18.9 Å². The number of rotatable bonds is 15. The highest BCUT2D eigenvalue weighted by Crippen LogP contribution is 2.28. The summed E-state index contributed by atoms with van der Waals surface area (Å²) in [6, 6.07) is 14.7. The molecule has 222 valence electrons. The summed E-state index contributed by atoms with van der Waals surface area (Å²) in [5.41, 5.74) is 1.55. The van der Waals surface area contributed by atoms with Crippen molar-refractivity contribution in [3.8, 4) is 23.0 Å². The van der Waals surface area contributed by atoms with E-state index in [1.807, 2.05) is 30.0 Å². The number of urea groups is 1. The topological polar surface area (TPSA) is 89.6 Å². The van der Waals surface area contributed by atoms with E-state index in [-0.39, 0.29) is 18.5 Å². The molecule has 0 atom stereocenters. The zero-order chi connectivity index (χ0) is 29.8. The summed E-state index contributed by atoms with van der Waals surface area (Å²) in [4.78, 5) is 32.8. The number of thiophene rings is 1. The SMILES string of the molecule is CCCCN(CC(=O)N(CCc1ccc(OC)c(OC)c1)Cc1ccc(C)s1)C(=O)Nc1cc(OC)cc(OC)c1. The van der Waals surface area contributed by atoms with Crippen molar-refractivity contribution in [3.05, 3.63) is 63.8 Å². The molecule has 3 amide bonds. The molecule has 0 fully saturated rings. The van der Waals surface area contributed by atoms with Crippen molar-refractivity contribution in [2.75, 3.05) is 53.4 Å². The van der Waals surface area contributed by atoms with Crippen molar-refractivity contribution >= 4 is 29.0 Å². The fourth-order valence-corrected chi connectivity index (χ4v) is 5.20. The van der Waals surface area contributed by atoms with Gasteiger partial charge in [-0.1, -0.05) is 19.4 Å². The molecule has 9 nitrogen and oxygen atoms in total. The molecule has 2 aromatic carbocycles. The fraction of sp³-hybridized carbons (Fsp3) is 0.419. The number of unbranched alkanes of at least 4 members (excludes halogenated alkanes) is 1. The predicted octanol–water partition coefficient (Wildman–Crippen LogP) is 6.00. The van der Waals surface area contributed by atoms with E-state index < -0.39 is 0 Å². The molecule has 0 aliphatic heterocycles. The summed E-state index contributed by atoms with van der Waals surface area (Å²) in [7, 11) is 6.32. The van der Waals surface area contributed by atoms with Crippen LogP contribution < -0.4 is 24.3 Å². The average Bonchev–Trinajstić information content (AvgIpc) is 3.40. The minimum atomic E-state index is -0.353. The fourth-order valence-electron chi connectivity index (χ4n) is 4.30. The number of benzene rings is 2. The Bertz CT molecular complexity index is 1270. The van der Waals surface area contributed by atoms with E-state index in [1.165, 1.54) is 4.88 Å². The lowest BCUT2D eigenvalue weighted by molar-refractivity contribution is -0.132. The second-order valence-electron chi connectivity index (χ2n) is 9.57. The first-order chi connectivity index (χ1) is 19.8. The van der Waals surface area contributed by atoms with Crippen LogP contribution in [0.5, 0.6) is 23.0 Å². The maximum Gasteiger partial charge on any atom is 0.322 e. The summed E-state index contributed by atoms with van der Waals surface area (Å²) in [6.45, 7) is 5.48. The highest BCUT2D eigenvalue weighted by Gasteiger charge is 2.22. The number of carbonyl (C=O) groups is 2. The Morgan fingerprint density at radius 3 is 2.12 bits per heavy atom. The van der Waals surface area contributed by atoms with Crippen LogP contribution in [0.1, 0.15) is 35.1 Å². The van der Waals surface area contributed by atoms with Gasteiger partial charge in [0.1, 0.15) is 18.0 Å². The number of methoxy groups -OCH3 is 4. The Morgan fingerprint density at radius 2 is 1.54 bits per heavy atom. The van der Waals surface area contributed by atoms with Gasteiger partial charge in [0.15, 0.2) is 11.5 Å². The van der Waals surface area contributed by atoms with Gasteiger partial charge in [0.05, 0.1) is 35.0 Å². The van der Waals surface area contributed by atoms with Crippen LogP contribution in [0.3, 0.4) is 0 Å². The van der Waals surface area contributed by atoms with Crippen LogP contribution in [-0.2, 0) is 17.8 Å². The normalized spacial score (nSPS) is 10.6. The molecular formula is C31H41N3O6S. The van der Waals surface area contributed by atoms with E-state index in [2.05, 4.69) is 24.4 Å². The third-order valence-electron chi connectivity index (χ3n) is 6.61. The number of aryl methyl sites for hydroxylation is 1. The van der Waals surface area contributed by atoms with Gasteiger partial charge in [0, 0.05) is 46.7 Å². The van der Waals surface area contributed by atoms with Gasteiger partial charge in [0.2, 0.25) is 5.91 Å². The summed E-state index contributed by atoms with van der Waals surface area (Å²) in [5.74, 6) is 2.30. The zero-order valence-electron chi connectivity index (χ0n) is 24.8. The van der Waals surface area contributed by atoms with Crippen molar-refractivity contribution in [1.82, 2.24) is 9.80 Å². The molecule has 0 bridgehead atoms. The second-order valence-corrected chi connectivity index (χ2v) is 10.9. The van der Waals surface area contributed by atoms with Crippen molar-refractivity contribution in [2.24, 2.45) is 0 Å². The molecule has 3 aromatic rings. The predicted molar refractivity (Wildman–Crippen MR) is 163 cm³/mol. The second kappa shape index (κ2) is 15.8. The number of nitrogens with zero attached hydrogens (tertiary/aromatic N) is 2. The average molecular weight is 584 g/mol. The lowest BCUT2D eigenvalue weighted by atomic mass is 10.1. The summed E-state index contributed by atoms with van der Waals surface area (Å²) >= 11 is 1.67. The molecule has 1 aromatic heterocycles. The first-order valence-corrected chi connectivity index (χ1v) is 14.4. The lowest BCUT2D eigenvalue weighted by Gasteiger charge is -2.28. The van der Waals surface area contributed by atoms with Crippen LogP contribution in [0.25, 0.3) is 0 Å². The zero-order valence-corrected chi connectivity index (χ0v) is 25.6. The highest BCUT2D eigenvalue weighted by molar-refractivity contribution is 7.11. The number of hydrogen-bond donors (Lipinski definition) is 1.